The molecule has 2 aromatic rings. The summed E-state index contributed by atoms with van der Waals surface area (Å²) in [6, 6.07) is 15.7. The fourth-order valence-electron chi connectivity index (χ4n) is 3.44. The fraction of sp³-hybridized carbons (Fsp3) is 0.278. The summed E-state index contributed by atoms with van der Waals surface area (Å²) in [5.74, 6) is -0.199. The minimum atomic E-state index is -0.199. The van der Waals surface area contributed by atoms with Crippen LogP contribution in [0.1, 0.15) is 22.1 Å². The number of anilines is 1. The van der Waals surface area contributed by atoms with Crippen LogP contribution >= 0.6 is 11.6 Å². The molecular formula is C18H18ClN2O2+. The van der Waals surface area contributed by atoms with Gasteiger partial charge in [0.05, 0.1) is 37.3 Å². The Bertz CT molecular complexity index is 741. The molecule has 2 aliphatic rings. The van der Waals surface area contributed by atoms with Crippen LogP contribution in [0.4, 0.5) is 5.69 Å². The van der Waals surface area contributed by atoms with Crippen molar-refractivity contribution in [2.75, 3.05) is 31.1 Å². The summed E-state index contributed by atoms with van der Waals surface area (Å²) >= 11 is 6.08. The highest BCUT2D eigenvalue weighted by Gasteiger charge is 2.39. The maximum absolute atomic E-state index is 12.0. The number of carbonyl (C=O) groups is 1. The van der Waals surface area contributed by atoms with Gasteiger partial charge >= 0.3 is 5.97 Å². The molecule has 0 saturated carbocycles. The first-order chi connectivity index (χ1) is 11.2. The van der Waals surface area contributed by atoms with E-state index < -0.39 is 0 Å². The molecule has 1 N–H and O–H groups in total. The van der Waals surface area contributed by atoms with Crippen molar-refractivity contribution in [2.45, 2.75) is 6.23 Å². The fourth-order valence-corrected chi connectivity index (χ4v) is 3.62. The van der Waals surface area contributed by atoms with E-state index in [0.717, 1.165) is 42.5 Å². The summed E-state index contributed by atoms with van der Waals surface area (Å²) in [6.45, 7) is 3.70. The molecule has 118 valence electrons. The van der Waals surface area contributed by atoms with E-state index in [0.29, 0.717) is 5.56 Å². The molecule has 4 rings (SSSR count). The number of nitrogens with zero attached hydrogens (tertiary/aromatic N) is 1. The Labute approximate surface area is 140 Å². The molecule has 1 saturated heterocycles. The van der Waals surface area contributed by atoms with Crippen molar-refractivity contribution in [1.82, 2.24) is 0 Å². The first-order valence-electron chi connectivity index (χ1n) is 7.87. The van der Waals surface area contributed by atoms with Crippen molar-refractivity contribution < 1.29 is 14.4 Å². The molecule has 4 nitrogen and oxygen atoms in total. The number of quaternary nitrogens is 1. The molecule has 0 amide bonds. The highest BCUT2D eigenvalue weighted by atomic mass is 35.5. The minimum absolute atomic E-state index is 0.166. The predicted molar refractivity (Wildman–Crippen MR) is 89.0 cm³/mol. The number of rotatable bonds is 2. The number of fused-ring (bicyclic) bond motifs is 1. The van der Waals surface area contributed by atoms with E-state index in [-0.39, 0.29) is 12.2 Å². The SMILES string of the molecule is O=C1OC([NH+]2CCN(c3cccc(Cl)c3)CC2)c2ccccc21. The van der Waals surface area contributed by atoms with Gasteiger partial charge in [0.2, 0.25) is 0 Å². The predicted octanol–water partition coefficient (Wildman–Crippen LogP) is 1.91. The quantitative estimate of drug-likeness (QED) is 0.855. The third-order valence-electron chi connectivity index (χ3n) is 4.64. The van der Waals surface area contributed by atoms with Gasteiger partial charge < -0.3 is 9.64 Å². The molecule has 5 heteroatoms. The molecule has 2 aliphatic heterocycles. The summed E-state index contributed by atoms with van der Waals surface area (Å²) < 4.78 is 5.62. The first-order valence-corrected chi connectivity index (χ1v) is 8.25. The van der Waals surface area contributed by atoms with Crippen molar-refractivity contribution >= 4 is 23.3 Å². The third kappa shape index (κ3) is 2.69. The topological polar surface area (TPSA) is 34.0 Å². The number of nitrogens with one attached hydrogen (secondary N) is 1. The number of halogens is 1. The maximum Gasteiger partial charge on any atom is 0.343 e. The standard InChI is InChI=1S/C18H17ClN2O2/c19-13-4-3-5-14(12-13)20-8-10-21(11-9-20)17-15-6-1-2-7-16(15)18(22)23-17/h1-7,12,17H,8-11H2/p+1. The minimum Gasteiger partial charge on any atom is -0.404 e. The van der Waals surface area contributed by atoms with Crippen molar-refractivity contribution in [3.05, 3.63) is 64.7 Å². The van der Waals surface area contributed by atoms with Gasteiger partial charge in [-0.05, 0) is 30.3 Å². The zero-order chi connectivity index (χ0) is 15.8. The van der Waals surface area contributed by atoms with Crippen molar-refractivity contribution in [3.8, 4) is 0 Å². The lowest BCUT2D eigenvalue weighted by atomic mass is 10.1. The summed E-state index contributed by atoms with van der Waals surface area (Å²) in [5.41, 5.74) is 2.88. The van der Waals surface area contributed by atoms with Gasteiger partial charge in [-0.3, -0.25) is 4.90 Å². The number of cyclic esters (lactones) is 1. The number of carbonyl (C=O) groups excluding carboxylic acids is 1. The number of hydrogen-bond acceptors (Lipinski definition) is 3. The summed E-state index contributed by atoms with van der Waals surface area (Å²) in [6.07, 6.45) is -0.166. The zero-order valence-corrected chi connectivity index (χ0v) is 13.4. The second-order valence-corrected chi connectivity index (χ2v) is 6.43. The van der Waals surface area contributed by atoms with Gasteiger partial charge in [-0.15, -0.1) is 0 Å². The number of hydrogen-bond donors (Lipinski definition) is 1. The van der Waals surface area contributed by atoms with Crippen LogP contribution in [0.25, 0.3) is 0 Å². The van der Waals surface area contributed by atoms with Gasteiger partial charge in [0.25, 0.3) is 6.23 Å². The molecule has 0 aliphatic carbocycles. The Balaban J connectivity index is 1.47. The molecule has 0 aromatic heterocycles. The molecule has 0 spiro atoms. The number of esters is 1. The molecule has 0 bridgehead atoms. The first kappa shape index (κ1) is 14.5. The summed E-state index contributed by atoms with van der Waals surface area (Å²) in [4.78, 5) is 15.6. The highest BCUT2D eigenvalue weighted by molar-refractivity contribution is 6.30. The van der Waals surface area contributed by atoms with Gasteiger partial charge in [-0.25, -0.2) is 4.79 Å². The lowest BCUT2D eigenvalue weighted by Crippen LogP contribution is -3.15. The van der Waals surface area contributed by atoms with E-state index in [1.807, 2.05) is 42.5 Å². The van der Waals surface area contributed by atoms with Crippen molar-refractivity contribution in [3.63, 3.8) is 0 Å². The Morgan fingerprint density at radius 3 is 2.65 bits per heavy atom. The maximum atomic E-state index is 12.0. The average molecular weight is 330 g/mol. The molecule has 1 fully saturated rings. The van der Waals surface area contributed by atoms with Gasteiger partial charge in [0.1, 0.15) is 0 Å². The van der Waals surface area contributed by atoms with Crippen LogP contribution < -0.4 is 9.80 Å². The van der Waals surface area contributed by atoms with Crippen LogP contribution in [0.3, 0.4) is 0 Å². The van der Waals surface area contributed by atoms with Crippen molar-refractivity contribution in [2.24, 2.45) is 0 Å². The van der Waals surface area contributed by atoms with E-state index in [1.54, 1.807) is 0 Å². The Morgan fingerprint density at radius 1 is 1.09 bits per heavy atom. The Kier molecular flexibility index (Phi) is 3.71. The summed E-state index contributed by atoms with van der Waals surface area (Å²) in [7, 11) is 0. The molecule has 23 heavy (non-hydrogen) atoms. The van der Waals surface area contributed by atoms with Gasteiger partial charge in [0.15, 0.2) is 0 Å². The highest BCUT2D eigenvalue weighted by Crippen LogP contribution is 2.26. The Morgan fingerprint density at radius 2 is 1.87 bits per heavy atom. The molecular weight excluding hydrogens is 312 g/mol. The lowest BCUT2D eigenvalue weighted by molar-refractivity contribution is -0.952. The van der Waals surface area contributed by atoms with Gasteiger partial charge in [0, 0.05) is 10.7 Å². The van der Waals surface area contributed by atoms with Crippen LogP contribution in [0.2, 0.25) is 5.02 Å². The second-order valence-electron chi connectivity index (χ2n) is 6.00. The molecule has 1 atom stereocenters. The van der Waals surface area contributed by atoms with Crippen LogP contribution in [0, 0.1) is 0 Å². The van der Waals surface area contributed by atoms with Crippen LogP contribution in [0.5, 0.6) is 0 Å². The van der Waals surface area contributed by atoms with Crippen molar-refractivity contribution in [1.29, 1.82) is 0 Å². The summed E-state index contributed by atoms with van der Waals surface area (Å²) in [5, 5.41) is 0.760. The smallest absolute Gasteiger partial charge is 0.343 e. The number of piperazine rings is 1. The molecule has 1 unspecified atom stereocenters. The monoisotopic (exact) mass is 329 g/mol. The zero-order valence-electron chi connectivity index (χ0n) is 12.7. The van der Waals surface area contributed by atoms with Gasteiger partial charge in [-0.2, -0.15) is 0 Å². The third-order valence-corrected chi connectivity index (χ3v) is 4.87. The number of benzene rings is 2. The van der Waals surface area contributed by atoms with E-state index in [9.17, 15) is 4.79 Å². The molecule has 2 heterocycles. The van der Waals surface area contributed by atoms with E-state index in [2.05, 4.69) is 11.0 Å². The van der Waals surface area contributed by atoms with E-state index in [1.165, 1.54) is 4.90 Å². The van der Waals surface area contributed by atoms with Crippen LogP contribution in [0.15, 0.2) is 48.5 Å². The Hall–Kier alpha value is -2.04. The molecule has 0 radical (unpaired) electrons. The van der Waals surface area contributed by atoms with E-state index in [4.69, 9.17) is 16.3 Å². The second kappa shape index (κ2) is 5.87. The lowest BCUT2D eigenvalue weighted by Gasteiger charge is -2.35. The largest absolute Gasteiger partial charge is 0.404 e. The average Bonchev–Trinajstić information content (AvgIpc) is 2.93. The number of ether oxygens (including phenoxy) is 1. The van der Waals surface area contributed by atoms with Gasteiger partial charge in [-0.1, -0.05) is 29.8 Å². The molecule has 2 aromatic carbocycles. The van der Waals surface area contributed by atoms with E-state index >= 15 is 0 Å². The normalized spacial score (nSPS) is 21.2. The van der Waals surface area contributed by atoms with Crippen LogP contribution in [-0.4, -0.2) is 32.1 Å². The van der Waals surface area contributed by atoms with Crippen LogP contribution in [-0.2, 0) is 4.74 Å².